The van der Waals surface area contributed by atoms with E-state index in [2.05, 4.69) is 0 Å². The largest absolute Gasteiger partial charge is 0.369 e. The van der Waals surface area contributed by atoms with Gasteiger partial charge in [-0.2, -0.15) is 4.31 Å². The first-order valence-corrected chi connectivity index (χ1v) is 8.02. The number of nitrogens with two attached hydrogens (primary N) is 1. The summed E-state index contributed by atoms with van der Waals surface area (Å²) in [7, 11) is -3.50. The smallest absolute Gasteiger partial charge is 0.236 e. The zero-order chi connectivity index (χ0) is 14.6. The van der Waals surface area contributed by atoms with Crippen molar-refractivity contribution in [2.75, 3.05) is 13.1 Å². The van der Waals surface area contributed by atoms with Crippen LogP contribution in [0, 0.1) is 5.92 Å². The zero-order valence-corrected chi connectivity index (χ0v) is 11.9. The van der Waals surface area contributed by atoms with Crippen LogP contribution < -0.4 is 5.73 Å². The van der Waals surface area contributed by atoms with Crippen molar-refractivity contribution in [3.05, 3.63) is 41.3 Å². The maximum atomic E-state index is 12.2. The third kappa shape index (κ3) is 3.68. The van der Waals surface area contributed by atoms with Gasteiger partial charge in [0.1, 0.15) is 0 Å². The Labute approximate surface area is 119 Å². The molecule has 20 heavy (non-hydrogen) atoms. The molecule has 1 heterocycles. The van der Waals surface area contributed by atoms with Gasteiger partial charge in [0.05, 0.1) is 5.92 Å². The van der Waals surface area contributed by atoms with Crippen LogP contribution in [0.3, 0.4) is 0 Å². The van der Waals surface area contributed by atoms with E-state index in [-0.39, 0.29) is 12.5 Å². The van der Waals surface area contributed by atoms with Crippen LogP contribution in [0.5, 0.6) is 0 Å². The predicted octanol–water partition coefficient (Wildman–Crippen LogP) is 1.18. The van der Waals surface area contributed by atoms with E-state index in [0.29, 0.717) is 19.4 Å². The molecule has 5 nitrogen and oxygen atoms in total. The van der Waals surface area contributed by atoms with E-state index >= 15 is 0 Å². The van der Waals surface area contributed by atoms with Crippen molar-refractivity contribution in [2.45, 2.75) is 12.8 Å². The Morgan fingerprint density at radius 2 is 2.00 bits per heavy atom. The minimum Gasteiger partial charge on any atom is -0.369 e. The van der Waals surface area contributed by atoms with Crippen molar-refractivity contribution in [1.29, 1.82) is 0 Å². The molecular weight excluding hydrogens is 276 g/mol. The third-order valence-electron chi connectivity index (χ3n) is 3.38. The SMILES string of the molecule is NC(=O)[C@H]1CCCN(S(=O)(=O)/C=C\c2ccccc2)C1. The standard InChI is InChI=1S/C14H18N2O3S/c15-14(17)13-7-4-9-16(11-13)20(18,19)10-8-12-5-2-1-3-6-12/h1-3,5-6,8,10,13H,4,7,9,11H2,(H2,15,17)/b10-8-/t13-/m0/s1. The number of rotatable bonds is 4. The molecule has 1 atom stereocenters. The molecule has 0 aliphatic carbocycles. The van der Waals surface area contributed by atoms with Crippen molar-refractivity contribution in [3.8, 4) is 0 Å². The van der Waals surface area contributed by atoms with Crippen LogP contribution in [0.4, 0.5) is 0 Å². The van der Waals surface area contributed by atoms with E-state index in [1.54, 1.807) is 6.08 Å². The second-order valence-electron chi connectivity index (χ2n) is 4.86. The highest BCUT2D eigenvalue weighted by atomic mass is 32.2. The van der Waals surface area contributed by atoms with Crippen LogP contribution in [0.15, 0.2) is 35.7 Å². The molecule has 6 heteroatoms. The first kappa shape index (κ1) is 14.7. The van der Waals surface area contributed by atoms with Gasteiger partial charge in [0, 0.05) is 18.5 Å². The fourth-order valence-corrected chi connectivity index (χ4v) is 3.49. The Morgan fingerprint density at radius 3 is 2.65 bits per heavy atom. The summed E-state index contributed by atoms with van der Waals surface area (Å²) in [6.07, 6.45) is 2.87. The Morgan fingerprint density at radius 1 is 1.30 bits per heavy atom. The highest BCUT2D eigenvalue weighted by Gasteiger charge is 2.29. The minimum atomic E-state index is -3.50. The second kappa shape index (κ2) is 6.19. The molecule has 0 bridgehead atoms. The van der Waals surface area contributed by atoms with E-state index in [1.165, 1.54) is 9.71 Å². The van der Waals surface area contributed by atoms with Crippen molar-refractivity contribution >= 4 is 22.0 Å². The van der Waals surface area contributed by atoms with Gasteiger partial charge in [-0.25, -0.2) is 8.42 Å². The number of carbonyl (C=O) groups excluding carboxylic acids is 1. The number of primary amides is 1. The van der Waals surface area contributed by atoms with E-state index < -0.39 is 15.9 Å². The molecule has 1 aromatic carbocycles. The molecule has 0 unspecified atom stereocenters. The number of piperidine rings is 1. The molecule has 2 rings (SSSR count). The number of hydrogen-bond acceptors (Lipinski definition) is 3. The summed E-state index contributed by atoms with van der Waals surface area (Å²) in [5.41, 5.74) is 6.08. The average Bonchev–Trinajstić information content (AvgIpc) is 2.46. The Kier molecular flexibility index (Phi) is 4.57. The average molecular weight is 294 g/mol. The first-order valence-electron chi connectivity index (χ1n) is 6.51. The van der Waals surface area contributed by atoms with Crippen molar-refractivity contribution in [1.82, 2.24) is 4.31 Å². The lowest BCUT2D eigenvalue weighted by atomic mass is 9.99. The number of nitrogens with zero attached hydrogens (tertiary/aromatic N) is 1. The third-order valence-corrected chi connectivity index (χ3v) is 4.91. The lowest BCUT2D eigenvalue weighted by Crippen LogP contribution is -2.43. The highest BCUT2D eigenvalue weighted by molar-refractivity contribution is 7.92. The van der Waals surface area contributed by atoms with Gasteiger partial charge in [0.15, 0.2) is 0 Å². The lowest BCUT2D eigenvalue weighted by Gasteiger charge is -2.29. The van der Waals surface area contributed by atoms with Gasteiger partial charge in [-0.3, -0.25) is 4.79 Å². The molecule has 1 aliphatic heterocycles. The van der Waals surface area contributed by atoms with Gasteiger partial charge in [-0.1, -0.05) is 30.3 Å². The fourth-order valence-electron chi connectivity index (χ4n) is 2.22. The molecule has 1 aliphatic rings. The number of amides is 1. The van der Waals surface area contributed by atoms with Gasteiger partial charge < -0.3 is 5.73 Å². The predicted molar refractivity (Wildman–Crippen MR) is 77.9 cm³/mol. The summed E-state index contributed by atoms with van der Waals surface area (Å²) in [6, 6.07) is 9.21. The lowest BCUT2D eigenvalue weighted by molar-refractivity contribution is -0.122. The quantitative estimate of drug-likeness (QED) is 0.905. The van der Waals surface area contributed by atoms with Crippen molar-refractivity contribution < 1.29 is 13.2 Å². The van der Waals surface area contributed by atoms with E-state index in [4.69, 9.17) is 5.73 Å². The molecule has 1 fully saturated rings. The summed E-state index contributed by atoms with van der Waals surface area (Å²) >= 11 is 0. The molecule has 0 spiro atoms. The van der Waals surface area contributed by atoms with E-state index in [1.807, 2.05) is 30.3 Å². The molecule has 108 valence electrons. The molecule has 0 saturated carbocycles. The Bertz CT molecular complexity index is 596. The number of carbonyl (C=O) groups is 1. The van der Waals surface area contributed by atoms with E-state index in [0.717, 1.165) is 5.56 Å². The van der Waals surface area contributed by atoms with Crippen molar-refractivity contribution in [3.63, 3.8) is 0 Å². The summed E-state index contributed by atoms with van der Waals surface area (Å²) in [4.78, 5) is 11.2. The van der Waals surface area contributed by atoms with Crippen molar-refractivity contribution in [2.24, 2.45) is 11.7 Å². The fraction of sp³-hybridized carbons (Fsp3) is 0.357. The zero-order valence-electron chi connectivity index (χ0n) is 11.1. The maximum Gasteiger partial charge on any atom is 0.236 e. The Hall–Kier alpha value is -1.66. The molecule has 0 radical (unpaired) electrons. The monoisotopic (exact) mass is 294 g/mol. The summed E-state index contributed by atoms with van der Waals surface area (Å²) in [6.45, 7) is 0.613. The number of benzene rings is 1. The van der Waals surface area contributed by atoms with Crippen LogP contribution in [-0.4, -0.2) is 31.7 Å². The highest BCUT2D eigenvalue weighted by Crippen LogP contribution is 2.20. The van der Waals surface area contributed by atoms with Gasteiger partial charge in [-0.15, -0.1) is 0 Å². The maximum absolute atomic E-state index is 12.2. The van der Waals surface area contributed by atoms with Gasteiger partial charge in [0.2, 0.25) is 15.9 Å². The van der Waals surface area contributed by atoms with E-state index in [9.17, 15) is 13.2 Å². The summed E-state index contributed by atoms with van der Waals surface area (Å²) in [5.74, 6) is -0.819. The minimum absolute atomic E-state index is 0.177. The first-order chi connectivity index (χ1) is 9.49. The van der Waals surface area contributed by atoms with Crippen LogP contribution in [0.2, 0.25) is 0 Å². The summed E-state index contributed by atoms with van der Waals surface area (Å²) in [5, 5.41) is 1.19. The molecule has 1 amide bonds. The molecule has 1 aromatic rings. The van der Waals surface area contributed by atoms with Crippen LogP contribution in [-0.2, 0) is 14.8 Å². The number of hydrogen-bond donors (Lipinski definition) is 1. The van der Waals surface area contributed by atoms with Crippen LogP contribution in [0.1, 0.15) is 18.4 Å². The normalized spacial score (nSPS) is 21.1. The molecule has 2 N–H and O–H groups in total. The van der Waals surface area contributed by atoms with Crippen LogP contribution in [0.25, 0.3) is 6.08 Å². The number of sulfonamides is 1. The van der Waals surface area contributed by atoms with Gasteiger partial charge in [0.25, 0.3) is 0 Å². The molecular formula is C14H18N2O3S. The van der Waals surface area contributed by atoms with Gasteiger partial charge >= 0.3 is 0 Å². The van der Waals surface area contributed by atoms with Gasteiger partial charge in [-0.05, 0) is 24.5 Å². The second-order valence-corrected chi connectivity index (χ2v) is 6.68. The topological polar surface area (TPSA) is 80.5 Å². The summed E-state index contributed by atoms with van der Waals surface area (Å²) < 4.78 is 25.8. The molecule has 1 saturated heterocycles. The Balaban J connectivity index is 2.10. The molecule has 0 aromatic heterocycles. The van der Waals surface area contributed by atoms with Crippen LogP contribution >= 0.6 is 0 Å².